The first-order valence-electron chi connectivity index (χ1n) is 11.2. The Morgan fingerprint density at radius 2 is 1.48 bits per heavy atom. The quantitative estimate of drug-likeness (QED) is 0.516. The number of aryl methyl sites for hydroxylation is 1. The average Bonchev–Trinajstić information content (AvgIpc) is 2.76. The second-order valence-corrected chi connectivity index (χ2v) is 9.36. The zero-order valence-corrected chi connectivity index (χ0v) is 19.9. The molecule has 3 aromatic carbocycles. The minimum atomic E-state index is -0.362. The molecule has 0 saturated heterocycles. The van der Waals surface area contributed by atoms with Crippen molar-refractivity contribution < 1.29 is 9.59 Å². The van der Waals surface area contributed by atoms with Crippen molar-refractivity contribution in [3.8, 4) is 0 Å². The van der Waals surface area contributed by atoms with Gasteiger partial charge >= 0.3 is 6.03 Å². The Morgan fingerprint density at radius 1 is 0.818 bits per heavy atom. The van der Waals surface area contributed by atoms with E-state index in [0.29, 0.717) is 13.1 Å². The molecular weight excluding hydrogens is 410 g/mol. The van der Waals surface area contributed by atoms with Crippen LogP contribution in [0.15, 0.2) is 78.9 Å². The number of benzene rings is 3. The summed E-state index contributed by atoms with van der Waals surface area (Å²) in [5.74, 6) is -0.0533. The zero-order chi connectivity index (χ0) is 23.8. The molecule has 0 spiro atoms. The Hall–Kier alpha value is -3.60. The van der Waals surface area contributed by atoms with Crippen LogP contribution in [0.3, 0.4) is 0 Å². The predicted molar refractivity (Wildman–Crippen MR) is 134 cm³/mol. The maximum absolute atomic E-state index is 13.1. The van der Waals surface area contributed by atoms with Gasteiger partial charge in [0.2, 0.25) is 5.91 Å². The van der Waals surface area contributed by atoms with Crippen LogP contribution in [-0.4, -0.2) is 17.5 Å². The fourth-order valence-electron chi connectivity index (χ4n) is 3.54. The van der Waals surface area contributed by atoms with Crippen LogP contribution in [0.1, 0.15) is 43.0 Å². The van der Waals surface area contributed by atoms with E-state index in [0.717, 1.165) is 22.4 Å². The fraction of sp³-hybridized carbons (Fsp3) is 0.286. The Morgan fingerprint density at radius 3 is 2.18 bits per heavy atom. The lowest BCUT2D eigenvalue weighted by molar-refractivity contribution is -0.120. The van der Waals surface area contributed by atoms with Crippen LogP contribution >= 0.6 is 0 Å². The molecule has 5 nitrogen and oxygen atoms in total. The molecule has 0 radical (unpaired) electrons. The first-order valence-corrected chi connectivity index (χ1v) is 11.2. The highest BCUT2D eigenvalue weighted by Gasteiger charge is 2.21. The van der Waals surface area contributed by atoms with Crippen molar-refractivity contribution in [1.82, 2.24) is 10.6 Å². The molecular formula is C28H33N3O2. The van der Waals surface area contributed by atoms with Gasteiger partial charge in [-0.15, -0.1) is 0 Å². The second kappa shape index (κ2) is 10.8. The standard InChI is InChI=1S/C28H33N3O2/c1-21-10-8-14-24(16-21)19-29-26(32)18-23-13-9-15-25(17-23)31(27(33)30-28(2,3)4)20-22-11-6-5-7-12-22/h5-17H,18-20H2,1-4H3,(H,29,32)(H,30,33). The van der Waals surface area contributed by atoms with Crippen molar-refractivity contribution in [3.05, 3.63) is 101 Å². The molecule has 0 aliphatic rings. The Labute approximate surface area is 196 Å². The lowest BCUT2D eigenvalue weighted by atomic mass is 10.1. The zero-order valence-electron chi connectivity index (χ0n) is 19.9. The van der Waals surface area contributed by atoms with Crippen molar-refractivity contribution in [3.63, 3.8) is 0 Å². The van der Waals surface area contributed by atoms with Crippen LogP contribution < -0.4 is 15.5 Å². The molecule has 0 aliphatic carbocycles. The van der Waals surface area contributed by atoms with Gasteiger partial charge in [-0.2, -0.15) is 0 Å². The number of amides is 3. The summed E-state index contributed by atoms with van der Waals surface area (Å²) in [5, 5.41) is 6.03. The van der Waals surface area contributed by atoms with Gasteiger partial charge in [0.25, 0.3) is 0 Å². The summed E-state index contributed by atoms with van der Waals surface area (Å²) in [6, 6.07) is 25.4. The van der Waals surface area contributed by atoms with Crippen molar-refractivity contribution in [2.24, 2.45) is 0 Å². The number of nitrogens with one attached hydrogen (secondary N) is 2. The van der Waals surface area contributed by atoms with E-state index in [-0.39, 0.29) is 23.9 Å². The van der Waals surface area contributed by atoms with Gasteiger partial charge in [0.05, 0.1) is 13.0 Å². The molecule has 0 heterocycles. The molecule has 33 heavy (non-hydrogen) atoms. The third-order valence-corrected chi connectivity index (χ3v) is 5.07. The van der Waals surface area contributed by atoms with E-state index in [4.69, 9.17) is 0 Å². The molecule has 0 atom stereocenters. The smallest absolute Gasteiger partial charge is 0.322 e. The van der Waals surface area contributed by atoms with E-state index in [9.17, 15) is 9.59 Å². The minimum absolute atomic E-state index is 0.0533. The van der Waals surface area contributed by atoms with Crippen LogP contribution in [0.25, 0.3) is 0 Å². The molecule has 3 aromatic rings. The summed E-state index contributed by atoms with van der Waals surface area (Å²) < 4.78 is 0. The second-order valence-electron chi connectivity index (χ2n) is 9.36. The van der Waals surface area contributed by atoms with E-state index in [1.165, 1.54) is 5.56 Å². The van der Waals surface area contributed by atoms with Crippen LogP contribution in [0.5, 0.6) is 0 Å². The van der Waals surface area contributed by atoms with Gasteiger partial charge in [0.15, 0.2) is 0 Å². The molecule has 3 amide bonds. The first kappa shape index (κ1) is 24.1. The van der Waals surface area contributed by atoms with E-state index < -0.39 is 0 Å². The lowest BCUT2D eigenvalue weighted by Crippen LogP contribution is -2.48. The van der Waals surface area contributed by atoms with Crippen molar-refractivity contribution >= 4 is 17.6 Å². The number of carbonyl (C=O) groups excluding carboxylic acids is 2. The van der Waals surface area contributed by atoms with E-state index in [1.54, 1.807) is 4.90 Å². The molecule has 2 N–H and O–H groups in total. The van der Waals surface area contributed by atoms with Gasteiger partial charge in [-0.25, -0.2) is 4.79 Å². The first-order chi connectivity index (χ1) is 15.7. The monoisotopic (exact) mass is 443 g/mol. The molecule has 172 valence electrons. The molecule has 0 saturated carbocycles. The van der Waals surface area contributed by atoms with Gasteiger partial charge in [-0.1, -0.05) is 72.3 Å². The van der Waals surface area contributed by atoms with Crippen LogP contribution in [0, 0.1) is 6.92 Å². The Bertz CT molecular complexity index is 1090. The van der Waals surface area contributed by atoms with Gasteiger partial charge in [-0.05, 0) is 56.5 Å². The van der Waals surface area contributed by atoms with Gasteiger partial charge in [0.1, 0.15) is 0 Å². The molecule has 0 aliphatic heterocycles. The Balaban J connectivity index is 1.73. The minimum Gasteiger partial charge on any atom is -0.352 e. The fourth-order valence-corrected chi connectivity index (χ4v) is 3.54. The summed E-state index contributed by atoms with van der Waals surface area (Å²) in [5.41, 5.74) is 4.52. The maximum atomic E-state index is 13.1. The molecule has 5 heteroatoms. The third kappa shape index (κ3) is 7.79. The molecule has 0 bridgehead atoms. The van der Waals surface area contributed by atoms with Crippen molar-refractivity contribution in [1.29, 1.82) is 0 Å². The average molecular weight is 444 g/mol. The topological polar surface area (TPSA) is 61.4 Å². The van der Waals surface area contributed by atoms with Crippen LogP contribution in [0.2, 0.25) is 0 Å². The number of hydrogen-bond donors (Lipinski definition) is 2. The predicted octanol–water partition coefficient (Wildman–Crippen LogP) is 5.37. The largest absolute Gasteiger partial charge is 0.352 e. The normalized spacial score (nSPS) is 11.0. The molecule has 3 rings (SSSR count). The number of hydrogen-bond acceptors (Lipinski definition) is 2. The van der Waals surface area contributed by atoms with Crippen molar-refractivity contribution in [2.45, 2.75) is 52.7 Å². The summed E-state index contributed by atoms with van der Waals surface area (Å²) in [4.78, 5) is 27.4. The van der Waals surface area contributed by atoms with E-state index in [2.05, 4.69) is 16.7 Å². The molecule has 0 fully saturated rings. The maximum Gasteiger partial charge on any atom is 0.322 e. The van der Waals surface area contributed by atoms with Gasteiger partial charge in [-0.3, -0.25) is 9.69 Å². The lowest BCUT2D eigenvalue weighted by Gasteiger charge is -2.29. The number of rotatable bonds is 7. The summed E-state index contributed by atoms with van der Waals surface area (Å²) >= 11 is 0. The van der Waals surface area contributed by atoms with Crippen LogP contribution in [-0.2, 0) is 24.3 Å². The number of carbonyl (C=O) groups is 2. The van der Waals surface area contributed by atoms with Gasteiger partial charge in [0, 0.05) is 17.8 Å². The van der Waals surface area contributed by atoms with E-state index in [1.807, 2.05) is 100 Å². The molecule has 0 unspecified atom stereocenters. The van der Waals surface area contributed by atoms with Crippen molar-refractivity contribution in [2.75, 3.05) is 4.90 Å². The highest BCUT2D eigenvalue weighted by Crippen LogP contribution is 2.21. The summed E-state index contributed by atoms with van der Waals surface area (Å²) in [6.07, 6.45) is 0.250. The third-order valence-electron chi connectivity index (χ3n) is 5.07. The molecule has 0 aromatic heterocycles. The summed E-state index contributed by atoms with van der Waals surface area (Å²) in [6.45, 7) is 8.84. The van der Waals surface area contributed by atoms with Gasteiger partial charge < -0.3 is 10.6 Å². The number of anilines is 1. The Kier molecular flexibility index (Phi) is 7.88. The number of urea groups is 1. The highest BCUT2D eigenvalue weighted by molar-refractivity contribution is 5.92. The highest BCUT2D eigenvalue weighted by atomic mass is 16.2. The summed E-state index contributed by atoms with van der Waals surface area (Å²) in [7, 11) is 0. The SMILES string of the molecule is Cc1cccc(CNC(=O)Cc2cccc(N(Cc3ccccc3)C(=O)NC(C)(C)C)c2)c1. The van der Waals surface area contributed by atoms with E-state index >= 15 is 0 Å². The van der Waals surface area contributed by atoms with Crippen LogP contribution in [0.4, 0.5) is 10.5 Å². The number of nitrogens with zero attached hydrogens (tertiary/aromatic N) is 1.